The van der Waals surface area contributed by atoms with Gasteiger partial charge in [0.25, 0.3) is 0 Å². The molecule has 6 heteroatoms. The van der Waals surface area contributed by atoms with Gasteiger partial charge in [0.05, 0.1) is 12.0 Å². The van der Waals surface area contributed by atoms with E-state index in [0.717, 1.165) is 28.0 Å². The number of hydrogen-bond acceptors (Lipinski definition) is 6. The summed E-state index contributed by atoms with van der Waals surface area (Å²) < 4.78 is 5.06. The number of carbonyl (C=O) groups is 1. The number of benzene rings is 2. The van der Waals surface area contributed by atoms with Crippen LogP contribution in [0.25, 0.3) is 32.6 Å². The summed E-state index contributed by atoms with van der Waals surface area (Å²) in [6.07, 6.45) is 0. The Morgan fingerprint density at radius 3 is 2.26 bits per heavy atom. The van der Waals surface area contributed by atoms with Crippen molar-refractivity contribution in [3.05, 3.63) is 65.5 Å². The minimum absolute atomic E-state index is 0.112. The van der Waals surface area contributed by atoms with E-state index in [1.807, 2.05) is 60.7 Å². The van der Waals surface area contributed by atoms with Crippen LogP contribution in [0, 0.1) is 0 Å². The molecule has 4 aromatic rings. The molecule has 0 unspecified atom stereocenters. The molecule has 0 saturated heterocycles. The van der Waals surface area contributed by atoms with Crippen LogP contribution >= 0.6 is 11.3 Å². The lowest BCUT2D eigenvalue weighted by atomic mass is 9.97. The first-order valence-electron chi connectivity index (χ1n) is 8.50. The van der Waals surface area contributed by atoms with Crippen molar-refractivity contribution in [2.45, 2.75) is 6.92 Å². The molecule has 0 radical (unpaired) electrons. The second-order valence-corrected chi connectivity index (χ2v) is 6.84. The molecule has 0 aliphatic rings. The molecule has 0 bridgehead atoms. The molecular weight excluding hydrogens is 360 g/mol. The maximum atomic E-state index is 12.2. The van der Waals surface area contributed by atoms with Gasteiger partial charge < -0.3 is 9.84 Å². The van der Waals surface area contributed by atoms with Gasteiger partial charge in [0.2, 0.25) is 0 Å². The highest BCUT2D eigenvalue weighted by Crippen LogP contribution is 2.45. The Morgan fingerprint density at radius 2 is 1.63 bits per heavy atom. The molecular formula is C21H16N2O3S. The monoisotopic (exact) mass is 376 g/mol. The van der Waals surface area contributed by atoms with Gasteiger partial charge in [-0.3, -0.25) is 0 Å². The van der Waals surface area contributed by atoms with E-state index in [4.69, 9.17) is 4.74 Å². The molecule has 0 amide bonds. The van der Waals surface area contributed by atoms with E-state index in [-0.39, 0.29) is 17.2 Å². The van der Waals surface area contributed by atoms with Crippen molar-refractivity contribution in [1.29, 1.82) is 0 Å². The summed E-state index contributed by atoms with van der Waals surface area (Å²) in [6, 6.07) is 19.3. The number of carbonyl (C=O) groups excluding carboxylic acids is 1. The molecule has 1 N–H and O–H groups in total. The first kappa shape index (κ1) is 17.2. The van der Waals surface area contributed by atoms with Crippen LogP contribution in [0.1, 0.15) is 16.6 Å². The molecule has 0 saturated carbocycles. The predicted molar refractivity (Wildman–Crippen MR) is 106 cm³/mol. The summed E-state index contributed by atoms with van der Waals surface area (Å²) >= 11 is 1.09. The third kappa shape index (κ3) is 3.04. The lowest BCUT2D eigenvalue weighted by molar-refractivity contribution is 0.0529. The van der Waals surface area contributed by atoms with E-state index in [2.05, 4.69) is 10.2 Å². The van der Waals surface area contributed by atoms with Crippen molar-refractivity contribution in [1.82, 2.24) is 10.2 Å². The Hall–Kier alpha value is -3.25. The van der Waals surface area contributed by atoms with Crippen LogP contribution in [-0.4, -0.2) is 27.9 Å². The number of rotatable bonds is 4. The second kappa shape index (κ2) is 7.17. The number of aromatic nitrogens is 2. The van der Waals surface area contributed by atoms with Gasteiger partial charge in [-0.15, -0.1) is 21.5 Å². The summed E-state index contributed by atoms with van der Waals surface area (Å²) in [4.78, 5) is 12.9. The highest BCUT2D eigenvalue weighted by atomic mass is 32.1. The van der Waals surface area contributed by atoms with Crippen LogP contribution in [0.2, 0.25) is 0 Å². The molecule has 27 heavy (non-hydrogen) atoms. The minimum Gasteiger partial charge on any atom is -0.505 e. The van der Waals surface area contributed by atoms with Crippen LogP contribution in [0.3, 0.4) is 0 Å². The van der Waals surface area contributed by atoms with Crippen LogP contribution in [-0.2, 0) is 4.74 Å². The number of fused-ring (bicyclic) bond motifs is 1. The summed E-state index contributed by atoms with van der Waals surface area (Å²) in [6.45, 7) is 1.96. The Morgan fingerprint density at radius 1 is 1.00 bits per heavy atom. The van der Waals surface area contributed by atoms with Gasteiger partial charge in [0.1, 0.15) is 5.69 Å². The third-order valence-electron chi connectivity index (χ3n) is 4.16. The van der Waals surface area contributed by atoms with Crippen molar-refractivity contribution in [2.75, 3.05) is 6.61 Å². The van der Waals surface area contributed by atoms with Gasteiger partial charge >= 0.3 is 5.97 Å². The lowest BCUT2D eigenvalue weighted by Crippen LogP contribution is -2.02. The van der Waals surface area contributed by atoms with E-state index >= 15 is 0 Å². The van der Waals surface area contributed by atoms with Crippen LogP contribution in [0.15, 0.2) is 60.7 Å². The summed E-state index contributed by atoms with van der Waals surface area (Å²) in [5.41, 5.74) is 3.17. The maximum Gasteiger partial charge on any atom is 0.352 e. The lowest BCUT2D eigenvalue weighted by Gasteiger charge is -2.10. The van der Waals surface area contributed by atoms with E-state index < -0.39 is 5.97 Å². The number of aromatic hydroxyl groups is 1. The molecule has 2 aromatic carbocycles. The average Bonchev–Trinajstić information content (AvgIpc) is 3.06. The van der Waals surface area contributed by atoms with E-state index in [0.29, 0.717) is 15.9 Å². The second-order valence-electron chi connectivity index (χ2n) is 5.84. The standard InChI is InChI=1S/C21H16N2O3S/c1-2-26-21(25)19-18(24)16-15(13-9-5-3-6-10-13)17(22-23-20(16)27-19)14-11-7-4-8-12-14/h3-12,24H,2H2,1H3. The molecule has 5 nitrogen and oxygen atoms in total. The topological polar surface area (TPSA) is 72.3 Å². The normalized spacial score (nSPS) is 10.9. The predicted octanol–water partition coefficient (Wildman–Crippen LogP) is 4.91. The van der Waals surface area contributed by atoms with Gasteiger partial charge in [-0.1, -0.05) is 60.7 Å². The molecule has 0 aliphatic heterocycles. The number of hydrogen-bond donors (Lipinski definition) is 1. The average molecular weight is 376 g/mol. The fraction of sp³-hybridized carbons (Fsp3) is 0.0952. The SMILES string of the molecule is CCOC(=O)c1sc2nnc(-c3ccccc3)c(-c3ccccc3)c2c1O. The first-order valence-corrected chi connectivity index (χ1v) is 9.32. The quantitative estimate of drug-likeness (QED) is 0.513. The molecule has 2 heterocycles. The maximum absolute atomic E-state index is 12.2. The molecule has 0 aliphatic carbocycles. The summed E-state index contributed by atoms with van der Waals surface area (Å²) in [7, 11) is 0. The highest BCUT2D eigenvalue weighted by Gasteiger charge is 2.25. The smallest absolute Gasteiger partial charge is 0.352 e. The zero-order valence-electron chi connectivity index (χ0n) is 14.5. The molecule has 0 spiro atoms. The highest BCUT2D eigenvalue weighted by molar-refractivity contribution is 7.20. The largest absolute Gasteiger partial charge is 0.505 e. The third-order valence-corrected chi connectivity index (χ3v) is 5.21. The van der Waals surface area contributed by atoms with Crippen molar-refractivity contribution in [3.63, 3.8) is 0 Å². The van der Waals surface area contributed by atoms with E-state index in [1.165, 1.54) is 0 Å². The summed E-state index contributed by atoms with van der Waals surface area (Å²) in [5.74, 6) is -0.669. The number of ether oxygens (including phenoxy) is 1. The molecule has 0 fully saturated rings. The van der Waals surface area contributed by atoms with Crippen LogP contribution in [0.5, 0.6) is 5.75 Å². The molecule has 134 valence electrons. The Balaban J connectivity index is 2.05. The Kier molecular flexibility index (Phi) is 4.56. The van der Waals surface area contributed by atoms with Gasteiger partial charge in [0, 0.05) is 11.1 Å². The Labute approximate surface area is 159 Å². The Bertz CT molecular complexity index is 1110. The molecule has 4 rings (SSSR count). The fourth-order valence-electron chi connectivity index (χ4n) is 2.99. The van der Waals surface area contributed by atoms with Gasteiger partial charge in [-0.25, -0.2) is 4.79 Å². The fourth-order valence-corrected chi connectivity index (χ4v) is 3.91. The number of nitrogens with zero attached hydrogens (tertiary/aromatic N) is 2. The number of esters is 1. The zero-order valence-corrected chi connectivity index (χ0v) is 15.4. The van der Waals surface area contributed by atoms with Gasteiger partial charge in [-0.2, -0.15) is 0 Å². The zero-order chi connectivity index (χ0) is 18.8. The molecule has 2 aromatic heterocycles. The minimum atomic E-state index is -0.557. The van der Waals surface area contributed by atoms with Gasteiger partial charge in [-0.05, 0) is 12.5 Å². The van der Waals surface area contributed by atoms with Crippen molar-refractivity contribution < 1.29 is 14.6 Å². The summed E-state index contributed by atoms with van der Waals surface area (Å²) in [5, 5.41) is 20.0. The van der Waals surface area contributed by atoms with Crippen molar-refractivity contribution in [2.24, 2.45) is 0 Å². The van der Waals surface area contributed by atoms with Crippen LogP contribution in [0.4, 0.5) is 0 Å². The van der Waals surface area contributed by atoms with Crippen molar-refractivity contribution >= 4 is 27.5 Å². The van der Waals surface area contributed by atoms with Gasteiger partial charge in [0.15, 0.2) is 15.5 Å². The first-order chi connectivity index (χ1) is 13.2. The number of thiophene rings is 1. The van der Waals surface area contributed by atoms with Crippen LogP contribution < -0.4 is 0 Å². The molecule has 0 atom stereocenters. The van der Waals surface area contributed by atoms with E-state index in [1.54, 1.807) is 6.92 Å². The van der Waals surface area contributed by atoms with E-state index in [9.17, 15) is 9.90 Å². The van der Waals surface area contributed by atoms with Crippen molar-refractivity contribution in [3.8, 4) is 28.1 Å².